The van der Waals surface area contributed by atoms with Gasteiger partial charge in [0.05, 0.1) is 17.7 Å². The maximum absolute atomic E-state index is 12.2. The van der Waals surface area contributed by atoms with E-state index in [1.807, 2.05) is 0 Å². The van der Waals surface area contributed by atoms with Crippen LogP contribution in [0.15, 0.2) is 18.5 Å². The molecular formula is C14H19N3O2. The molecule has 0 unspecified atom stereocenters. The zero-order chi connectivity index (χ0) is 14.5. The Balaban J connectivity index is 2.88. The predicted octanol–water partition coefficient (Wildman–Crippen LogP) is 0.235. The molecule has 1 heterocycles. The fraction of sp³-hybridized carbons (Fsp3) is 0.429. The monoisotopic (exact) mass is 261 g/mol. The van der Waals surface area contributed by atoms with E-state index in [0.29, 0.717) is 11.1 Å². The summed E-state index contributed by atoms with van der Waals surface area (Å²) in [6.45, 7) is 3.80. The highest BCUT2D eigenvalue weighted by Crippen LogP contribution is 2.09. The average molecular weight is 261 g/mol. The van der Waals surface area contributed by atoms with Gasteiger partial charge in [0.25, 0.3) is 5.91 Å². The second-order valence-corrected chi connectivity index (χ2v) is 4.94. The molecule has 0 radical (unpaired) electrons. The molecule has 1 aromatic rings. The largest absolute Gasteiger partial charge is 0.389 e. The Morgan fingerprint density at radius 2 is 2.21 bits per heavy atom. The number of rotatable bonds is 3. The van der Waals surface area contributed by atoms with Crippen LogP contribution in [-0.2, 0) is 0 Å². The number of carbonyl (C=O) groups is 1. The van der Waals surface area contributed by atoms with Crippen molar-refractivity contribution in [1.82, 2.24) is 9.88 Å². The van der Waals surface area contributed by atoms with Crippen LogP contribution in [0, 0.1) is 11.8 Å². The van der Waals surface area contributed by atoms with E-state index >= 15 is 0 Å². The van der Waals surface area contributed by atoms with Crippen LogP contribution in [-0.4, -0.2) is 46.6 Å². The van der Waals surface area contributed by atoms with Crippen LogP contribution in [0.5, 0.6) is 0 Å². The van der Waals surface area contributed by atoms with Gasteiger partial charge in [-0.1, -0.05) is 11.8 Å². The lowest BCUT2D eigenvalue weighted by Crippen LogP contribution is -2.39. The number of aromatic nitrogens is 1. The fourth-order valence-corrected chi connectivity index (χ4v) is 1.65. The molecule has 0 saturated carbocycles. The van der Waals surface area contributed by atoms with Gasteiger partial charge < -0.3 is 15.7 Å². The Morgan fingerprint density at radius 1 is 1.53 bits per heavy atom. The van der Waals surface area contributed by atoms with Gasteiger partial charge in [-0.05, 0) is 19.9 Å². The van der Waals surface area contributed by atoms with Gasteiger partial charge in [-0.25, -0.2) is 0 Å². The summed E-state index contributed by atoms with van der Waals surface area (Å²) in [7, 11) is 1.64. The molecule has 0 spiro atoms. The van der Waals surface area contributed by atoms with E-state index in [2.05, 4.69) is 16.8 Å². The maximum atomic E-state index is 12.2. The minimum Gasteiger partial charge on any atom is -0.389 e. The van der Waals surface area contributed by atoms with Crippen molar-refractivity contribution in [2.45, 2.75) is 19.4 Å². The highest BCUT2D eigenvalue weighted by molar-refractivity contribution is 5.94. The molecule has 0 bridgehead atoms. The van der Waals surface area contributed by atoms with Gasteiger partial charge >= 0.3 is 0 Å². The van der Waals surface area contributed by atoms with Gasteiger partial charge in [0, 0.05) is 31.5 Å². The summed E-state index contributed by atoms with van der Waals surface area (Å²) in [5.74, 6) is 5.34. The van der Waals surface area contributed by atoms with Crippen molar-refractivity contribution >= 4 is 5.91 Å². The summed E-state index contributed by atoms with van der Waals surface area (Å²) in [6, 6.07) is 1.67. The van der Waals surface area contributed by atoms with Crippen LogP contribution < -0.4 is 5.73 Å². The average Bonchev–Trinajstić information content (AvgIpc) is 2.33. The third-order valence-corrected chi connectivity index (χ3v) is 2.29. The van der Waals surface area contributed by atoms with Gasteiger partial charge in [0.15, 0.2) is 0 Å². The molecule has 3 N–H and O–H groups in total. The number of nitrogens with zero attached hydrogens (tertiary/aromatic N) is 2. The van der Waals surface area contributed by atoms with Crippen LogP contribution >= 0.6 is 0 Å². The number of likely N-dealkylation sites (N-methyl/N-ethyl adjacent to an activating group) is 1. The van der Waals surface area contributed by atoms with Crippen molar-refractivity contribution in [3.8, 4) is 11.8 Å². The molecule has 1 amide bonds. The first kappa shape index (κ1) is 15.2. The van der Waals surface area contributed by atoms with Gasteiger partial charge in [0.1, 0.15) is 0 Å². The molecule has 0 atom stereocenters. The van der Waals surface area contributed by atoms with E-state index in [0.717, 1.165) is 0 Å². The lowest BCUT2D eigenvalue weighted by atomic mass is 10.1. The summed E-state index contributed by atoms with van der Waals surface area (Å²) in [5.41, 5.74) is 5.45. The van der Waals surface area contributed by atoms with E-state index in [-0.39, 0.29) is 19.0 Å². The van der Waals surface area contributed by atoms with Gasteiger partial charge in [-0.15, -0.1) is 0 Å². The zero-order valence-corrected chi connectivity index (χ0v) is 11.5. The molecule has 0 aliphatic heterocycles. The number of aliphatic hydroxyl groups is 1. The third kappa shape index (κ3) is 5.08. The molecule has 0 fully saturated rings. The van der Waals surface area contributed by atoms with Crippen LogP contribution in [0.4, 0.5) is 0 Å². The summed E-state index contributed by atoms with van der Waals surface area (Å²) in [5, 5.41) is 9.71. The Bertz CT molecular complexity index is 509. The molecular weight excluding hydrogens is 242 g/mol. The van der Waals surface area contributed by atoms with E-state index in [1.165, 1.54) is 11.1 Å². The van der Waals surface area contributed by atoms with Crippen molar-refractivity contribution in [2.24, 2.45) is 5.73 Å². The number of hydrogen-bond donors (Lipinski definition) is 2. The third-order valence-electron chi connectivity index (χ3n) is 2.29. The standard InChI is InChI=1S/C14H19N3O2/c1-14(2,19)10-17(3)13(18)12-7-11(5-4-6-15)8-16-9-12/h7-9,19H,6,10,15H2,1-3H3. The van der Waals surface area contributed by atoms with Gasteiger partial charge in [-0.2, -0.15) is 0 Å². The highest BCUT2D eigenvalue weighted by Gasteiger charge is 2.20. The van der Waals surface area contributed by atoms with Crippen molar-refractivity contribution < 1.29 is 9.90 Å². The number of amides is 1. The Labute approximate surface area is 113 Å². The van der Waals surface area contributed by atoms with Gasteiger partial charge in [-0.3, -0.25) is 9.78 Å². The van der Waals surface area contributed by atoms with Gasteiger partial charge in [0.2, 0.25) is 0 Å². The first-order valence-corrected chi connectivity index (χ1v) is 5.95. The lowest BCUT2D eigenvalue weighted by Gasteiger charge is -2.25. The lowest BCUT2D eigenvalue weighted by molar-refractivity contribution is 0.0367. The number of hydrogen-bond acceptors (Lipinski definition) is 4. The number of nitrogens with two attached hydrogens (primary N) is 1. The van der Waals surface area contributed by atoms with Crippen molar-refractivity contribution in [3.63, 3.8) is 0 Å². The normalized spacial score (nSPS) is 10.6. The molecule has 5 heteroatoms. The van der Waals surface area contributed by atoms with Crippen molar-refractivity contribution in [1.29, 1.82) is 0 Å². The zero-order valence-electron chi connectivity index (χ0n) is 11.5. The van der Waals surface area contributed by atoms with E-state index < -0.39 is 5.60 Å². The first-order valence-electron chi connectivity index (χ1n) is 5.95. The molecule has 1 rings (SSSR count). The Morgan fingerprint density at radius 3 is 2.79 bits per heavy atom. The molecule has 19 heavy (non-hydrogen) atoms. The van der Waals surface area contributed by atoms with Crippen LogP contribution in [0.3, 0.4) is 0 Å². The molecule has 102 valence electrons. The quantitative estimate of drug-likeness (QED) is 0.764. The minimum atomic E-state index is -0.936. The van der Waals surface area contributed by atoms with E-state index in [4.69, 9.17) is 5.73 Å². The molecule has 1 aromatic heterocycles. The first-order chi connectivity index (χ1) is 8.83. The predicted molar refractivity (Wildman–Crippen MR) is 73.4 cm³/mol. The highest BCUT2D eigenvalue weighted by atomic mass is 16.3. The Hall–Kier alpha value is -1.90. The number of pyridine rings is 1. The Kier molecular flexibility index (Phi) is 5.04. The van der Waals surface area contributed by atoms with E-state index in [1.54, 1.807) is 33.2 Å². The fourth-order valence-electron chi connectivity index (χ4n) is 1.65. The minimum absolute atomic E-state index is 0.203. The molecule has 0 saturated heterocycles. The molecule has 0 aliphatic carbocycles. The smallest absolute Gasteiger partial charge is 0.255 e. The van der Waals surface area contributed by atoms with Crippen molar-refractivity contribution in [2.75, 3.05) is 20.1 Å². The van der Waals surface area contributed by atoms with Crippen molar-refractivity contribution in [3.05, 3.63) is 29.6 Å². The molecule has 5 nitrogen and oxygen atoms in total. The topological polar surface area (TPSA) is 79.5 Å². The van der Waals surface area contributed by atoms with Crippen LogP contribution in [0.1, 0.15) is 29.8 Å². The molecule has 0 aromatic carbocycles. The van der Waals surface area contributed by atoms with E-state index in [9.17, 15) is 9.90 Å². The summed E-state index contributed by atoms with van der Waals surface area (Å²) >= 11 is 0. The summed E-state index contributed by atoms with van der Waals surface area (Å²) < 4.78 is 0. The van der Waals surface area contributed by atoms with Crippen LogP contribution in [0.25, 0.3) is 0 Å². The SMILES string of the molecule is CN(CC(C)(C)O)C(=O)c1cncc(C#CCN)c1. The second-order valence-electron chi connectivity index (χ2n) is 4.94. The molecule has 0 aliphatic rings. The summed E-state index contributed by atoms with van der Waals surface area (Å²) in [4.78, 5) is 17.6. The summed E-state index contributed by atoms with van der Waals surface area (Å²) in [6.07, 6.45) is 3.06. The maximum Gasteiger partial charge on any atom is 0.255 e. The second kappa shape index (κ2) is 6.32. The van der Waals surface area contributed by atoms with Crippen LogP contribution in [0.2, 0.25) is 0 Å². The number of carbonyl (C=O) groups excluding carboxylic acids is 1.